The zero-order valence-electron chi connectivity index (χ0n) is 27.7. The molecule has 0 aliphatic rings. The maximum Gasteiger partial charge on any atom is 0.135 e. The van der Waals surface area contributed by atoms with Crippen molar-refractivity contribution in [2.75, 3.05) is 4.90 Å². The molecule has 10 aromatic rings. The Balaban J connectivity index is 1.25. The van der Waals surface area contributed by atoms with E-state index in [1.807, 2.05) is 11.3 Å². The van der Waals surface area contributed by atoms with Crippen molar-refractivity contribution in [1.82, 2.24) is 0 Å². The first-order chi connectivity index (χ1) is 25.3. The molecule has 0 N–H and O–H groups in total. The third kappa shape index (κ3) is 5.10. The molecule has 8 aromatic carbocycles. The van der Waals surface area contributed by atoms with E-state index in [1.165, 1.54) is 59.2 Å². The van der Waals surface area contributed by atoms with Crippen LogP contribution in [0.5, 0.6) is 0 Å². The van der Waals surface area contributed by atoms with Crippen LogP contribution in [0.4, 0.5) is 17.1 Å². The highest BCUT2D eigenvalue weighted by Crippen LogP contribution is 2.50. The lowest BCUT2D eigenvalue weighted by atomic mass is 9.98. The van der Waals surface area contributed by atoms with Gasteiger partial charge in [-0.25, -0.2) is 0 Å². The number of benzene rings is 8. The molecule has 51 heavy (non-hydrogen) atoms. The molecule has 0 aliphatic heterocycles. The SMILES string of the molecule is c1ccc(-c2ccc(N(c3ccc4oc5ccc(-c6ccccc6)cc5c4c3)c3c(-c4ccccc4)ccc4c3sc3ccccc34)cc2)cc1. The van der Waals surface area contributed by atoms with Gasteiger partial charge in [0.05, 0.1) is 10.4 Å². The average molecular weight is 670 g/mol. The van der Waals surface area contributed by atoms with Gasteiger partial charge in [0.1, 0.15) is 11.2 Å². The normalized spacial score (nSPS) is 11.5. The fraction of sp³-hybridized carbons (Fsp3) is 0. The number of hydrogen-bond donors (Lipinski definition) is 0. The van der Waals surface area contributed by atoms with Gasteiger partial charge in [0, 0.05) is 43.2 Å². The summed E-state index contributed by atoms with van der Waals surface area (Å²) in [7, 11) is 0. The van der Waals surface area contributed by atoms with E-state index in [4.69, 9.17) is 4.42 Å². The Morgan fingerprint density at radius 3 is 1.65 bits per heavy atom. The minimum Gasteiger partial charge on any atom is -0.456 e. The fourth-order valence-corrected chi connectivity index (χ4v) is 8.64. The second kappa shape index (κ2) is 12.2. The minimum absolute atomic E-state index is 0.877. The first kappa shape index (κ1) is 29.5. The molecule has 0 amide bonds. The Morgan fingerprint density at radius 1 is 0.373 bits per heavy atom. The lowest BCUT2D eigenvalue weighted by Crippen LogP contribution is -2.11. The smallest absolute Gasteiger partial charge is 0.135 e. The second-order valence-electron chi connectivity index (χ2n) is 12.9. The number of furan rings is 1. The van der Waals surface area contributed by atoms with E-state index >= 15 is 0 Å². The number of hydrogen-bond acceptors (Lipinski definition) is 3. The molecule has 0 spiro atoms. The van der Waals surface area contributed by atoms with E-state index in [1.54, 1.807) is 0 Å². The zero-order chi connectivity index (χ0) is 33.7. The van der Waals surface area contributed by atoms with Gasteiger partial charge in [0.15, 0.2) is 0 Å². The number of nitrogens with zero attached hydrogens (tertiary/aromatic N) is 1. The van der Waals surface area contributed by atoms with Crippen molar-refractivity contribution in [1.29, 1.82) is 0 Å². The third-order valence-electron chi connectivity index (χ3n) is 9.88. The van der Waals surface area contributed by atoms with Crippen molar-refractivity contribution in [3.05, 3.63) is 188 Å². The molecule has 240 valence electrons. The summed E-state index contributed by atoms with van der Waals surface area (Å²) in [4.78, 5) is 2.45. The summed E-state index contributed by atoms with van der Waals surface area (Å²) in [6, 6.07) is 67.4. The molecule has 0 saturated carbocycles. The fourth-order valence-electron chi connectivity index (χ4n) is 7.40. The standard InChI is InChI=1S/C48H31NOS/c1-4-12-32(13-5-1)34-20-23-37(24-21-34)49(38-25-29-45-43(31-38)42-30-36(22-28-44(42)50-45)33-14-6-2-7-15-33)47-39(35-16-8-3-9-17-35)26-27-41-40-18-10-11-19-46(40)51-48(41)47/h1-31H. The molecule has 0 radical (unpaired) electrons. The van der Waals surface area contributed by atoms with Crippen LogP contribution in [0.1, 0.15) is 0 Å². The van der Waals surface area contributed by atoms with Crippen molar-refractivity contribution in [3.8, 4) is 33.4 Å². The number of fused-ring (bicyclic) bond motifs is 6. The van der Waals surface area contributed by atoms with Gasteiger partial charge in [0.2, 0.25) is 0 Å². The molecule has 0 bridgehead atoms. The topological polar surface area (TPSA) is 16.4 Å². The van der Waals surface area contributed by atoms with Crippen LogP contribution in [0.2, 0.25) is 0 Å². The maximum absolute atomic E-state index is 6.44. The summed E-state index contributed by atoms with van der Waals surface area (Å²) in [5.41, 5.74) is 12.2. The first-order valence-corrected chi connectivity index (χ1v) is 18.1. The molecule has 2 nitrogen and oxygen atoms in total. The molecular formula is C48H31NOS. The summed E-state index contributed by atoms with van der Waals surface area (Å²) in [6.45, 7) is 0. The van der Waals surface area contributed by atoms with Crippen LogP contribution >= 0.6 is 11.3 Å². The number of anilines is 3. The molecule has 2 heterocycles. The zero-order valence-corrected chi connectivity index (χ0v) is 28.5. The monoisotopic (exact) mass is 669 g/mol. The third-order valence-corrected chi connectivity index (χ3v) is 11.1. The Hall–Kier alpha value is -6.42. The van der Waals surface area contributed by atoms with Crippen molar-refractivity contribution < 1.29 is 4.42 Å². The maximum atomic E-state index is 6.44. The average Bonchev–Trinajstić information content (AvgIpc) is 3.77. The van der Waals surface area contributed by atoms with E-state index in [9.17, 15) is 0 Å². The van der Waals surface area contributed by atoms with Crippen LogP contribution in [0.15, 0.2) is 192 Å². The minimum atomic E-state index is 0.877. The highest BCUT2D eigenvalue weighted by molar-refractivity contribution is 7.26. The molecule has 10 rings (SSSR count). The van der Waals surface area contributed by atoms with Crippen LogP contribution in [-0.2, 0) is 0 Å². The Labute approximate surface area is 300 Å². The predicted octanol–water partition coefficient (Wildman–Crippen LogP) is 14.4. The van der Waals surface area contributed by atoms with E-state index < -0.39 is 0 Å². The van der Waals surface area contributed by atoms with Gasteiger partial charge >= 0.3 is 0 Å². The molecule has 0 aliphatic carbocycles. The molecule has 0 atom stereocenters. The van der Waals surface area contributed by atoms with Gasteiger partial charge in [-0.05, 0) is 76.3 Å². The summed E-state index contributed by atoms with van der Waals surface area (Å²) in [5.74, 6) is 0. The molecule has 0 saturated heterocycles. The van der Waals surface area contributed by atoms with E-state index in [0.717, 1.165) is 33.3 Å². The van der Waals surface area contributed by atoms with Gasteiger partial charge in [-0.15, -0.1) is 11.3 Å². The molecule has 3 heteroatoms. The Bertz CT molecular complexity index is 2840. The van der Waals surface area contributed by atoms with Gasteiger partial charge in [0.25, 0.3) is 0 Å². The number of thiophene rings is 1. The van der Waals surface area contributed by atoms with Crippen LogP contribution in [0.25, 0.3) is 75.5 Å². The molecular weight excluding hydrogens is 639 g/mol. The molecule has 0 unspecified atom stereocenters. The summed E-state index contributed by atoms with van der Waals surface area (Å²) < 4.78 is 8.98. The highest BCUT2D eigenvalue weighted by atomic mass is 32.1. The van der Waals surface area contributed by atoms with E-state index in [0.29, 0.717) is 0 Å². The number of rotatable bonds is 6. The van der Waals surface area contributed by atoms with Crippen LogP contribution in [-0.4, -0.2) is 0 Å². The van der Waals surface area contributed by atoms with Crippen LogP contribution < -0.4 is 4.90 Å². The van der Waals surface area contributed by atoms with Gasteiger partial charge in [-0.2, -0.15) is 0 Å². The second-order valence-corrected chi connectivity index (χ2v) is 14.0. The van der Waals surface area contributed by atoms with E-state index in [2.05, 4.69) is 193 Å². The summed E-state index contributed by atoms with van der Waals surface area (Å²) in [6.07, 6.45) is 0. The Morgan fingerprint density at radius 2 is 0.922 bits per heavy atom. The first-order valence-electron chi connectivity index (χ1n) is 17.3. The van der Waals surface area contributed by atoms with Crippen LogP contribution in [0.3, 0.4) is 0 Å². The van der Waals surface area contributed by atoms with E-state index in [-0.39, 0.29) is 0 Å². The lowest BCUT2D eigenvalue weighted by molar-refractivity contribution is 0.669. The van der Waals surface area contributed by atoms with Crippen molar-refractivity contribution in [2.45, 2.75) is 0 Å². The summed E-state index contributed by atoms with van der Waals surface area (Å²) in [5, 5.41) is 4.74. The molecule has 2 aromatic heterocycles. The van der Waals surface area contributed by atoms with Crippen molar-refractivity contribution in [3.63, 3.8) is 0 Å². The lowest BCUT2D eigenvalue weighted by Gasteiger charge is -2.29. The van der Waals surface area contributed by atoms with Gasteiger partial charge < -0.3 is 9.32 Å². The molecule has 0 fully saturated rings. The van der Waals surface area contributed by atoms with Crippen molar-refractivity contribution in [2.24, 2.45) is 0 Å². The summed E-state index contributed by atoms with van der Waals surface area (Å²) >= 11 is 1.86. The van der Waals surface area contributed by atoms with Crippen LogP contribution in [0, 0.1) is 0 Å². The quantitative estimate of drug-likeness (QED) is 0.175. The van der Waals surface area contributed by atoms with Gasteiger partial charge in [-0.3, -0.25) is 0 Å². The van der Waals surface area contributed by atoms with Crippen molar-refractivity contribution >= 4 is 70.5 Å². The Kier molecular flexibility index (Phi) is 7.04. The predicted molar refractivity (Wildman–Crippen MR) is 218 cm³/mol. The highest BCUT2D eigenvalue weighted by Gasteiger charge is 2.24. The van der Waals surface area contributed by atoms with Gasteiger partial charge in [-0.1, -0.05) is 140 Å². The largest absolute Gasteiger partial charge is 0.456 e.